The van der Waals surface area contributed by atoms with Crippen molar-refractivity contribution in [2.75, 3.05) is 31.1 Å². The zero-order valence-electron chi connectivity index (χ0n) is 12.5. The van der Waals surface area contributed by atoms with Crippen molar-refractivity contribution in [3.8, 4) is 0 Å². The molecule has 2 N–H and O–H groups in total. The Morgan fingerprint density at radius 3 is 2.50 bits per heavy atom. The second-order valence-corrected chi connectivity index (χ2v) is 6.14. The fourth-order valence-electron chi connectivity index (χ4n) is 3.59. The monoisotopic (exact) mass is 274 g/mol. The van der Waals surface area contributed by atoms with Gasteiger partial charge in [0.25, 0.3) is 0 Å². The predicted molar refractivity (Wildman–Crippen MR) is 82.9 cm³/mol. The fraction of sp³-hybridized carbons (Fsp3) is 0.688. The van der Waals surface area contributed by atoms with Gasteiger partial charge in [0.1, 0.15) is 5.82 Å². The average Bonchev–Trinajstić information content (AvgIpc) is 3.01. The number of pyridine rings is 1. The minimum atomic E-state index is 0.596. The Hall–Kier alpha value is -1.13. The lowest BCUT2D eigenvalue weighted by Gasteiger charge is -2.38. The molecule has 1 aromatic heterocycles. The molecule has 0 amide bonds. The van der Waals surface area contributed by atoms with Crippen LogP contribution in [0.5, 0.6) is 0 Å². The van der Waals surface area contributed by atoms with Crippen LogP contribution in [0.15, 0.2) is 12.1 Å². The zero-order valence-corrected chi connectivity index (χ0v) is 12.5. The summed E-state index contributed by atoms with van der Waals surface area (Å²) >= 11 is 0. The third kappa shape index (κ3) is 2.96. The number of hydrogen-bond donors (Lipinski definition) is 1. The molecule has 0 spiro atoms. The van der Waals surface area contributed by atoms with E-state index in [1.807, 2.05) is 0 Å². The number of aryl methyl sites for hydroxylation is 1. The van der Waals surface area contributed by atoms with Crippen LogP contribution in [-0.4, -0.2) is 42.1 Å². The lowest BCUT2D eigenvalue weighted by Crippen LogP contribution is -2.50. The van der Waals surface area contributed by atoms with Crippen molar-refractivity contribution in [2.45, 2.75) is 45.2 Å². The van der Waals surface area contributed by atoms with E-state index < -0.39 is 0 Å². The second-order valence-electron chi connectivity index (χ2n) is 6.14. The second kappa shape index (κ2) is 6.10. The zero-order chi connectivity index (χ0) is 13.9. The summed E-state index contributed by atoms with van der Waals surface area (Å²) in [6.07, 6.45) is 5.65. The number of nitrogens with two attached hydrogens (primary N) is 1. The maximum Gasteiger partial charge on any atom is 0.129 e. The fourth-order valence-corrected chi connectivity index (χ4v) is 3.59. The summed E-state index contributed by atoms with van der Waals surface area (Å²) in [6, 6.07) is 5.08. The van der Waals surface area contributed by atoms with Crippen molar-refractivity contribution in [2.24, 2.45) is 5.73 Å². The molecular weight excluding hydrogens is 248 g/mol. The SMILES string of the molecule is Cc1cc(CN)cc(N2CCN(C3CCCC3)CC2)n1. The van der Waals surface area contributed by atoms with E-state index in [0.29, 0.717) is 6.54 Å². The Morgan fingerprint density at radius 2 is 1.85 bits per heavy atom. The van der Waals surface area contributed by atoms with Crippen LogP contribution in [0.25, 0.3) is 0 Å². The highest BCUT2D eigenvalue weighted by molar-refractivity contribution is 5.43. The summed E-state index contributed by atoms with van der Waals surface area (Å²) in [5, 5.41) is 0. The minimum Gasteiger partial charge on any atom is -0.354 e. The maximum absolute atomic E-state index is 5.77. The third-order valence-corrected chi connectivity index (χ3v) is 4.71. The molecule has 110 valence electrons. The average molecular weight is 274 g/mol. The van der Waals surface area contributed by atoms with Crippen molar-refractivity contribution in [3.05, 3.63) is 23.4 Å². The molecule has 3 rings (SSSR count). The molecule has 4 nitrogen and oxygen atoms in total. The highest BCUT2D eigenvalue weighted by atomic mass is 15.3. The van der Waals surface area contributed by atoms with Gasteiger partial charge in [-0.1, -0.05) is 12.8 Å². The molecule has 0 radical (unpaired) electrons. The molecule has 1 aliphatic heterocycles. The molecule has 2 fully saturated rings. The molecule has 1 saturated carbocycles. The Morgan fingerprint density at radius 1 is 1.15 bits per heavy atom. The van der Waals surface area contributed by atoms with Crippen molar-refractivity contribution >= 4 is 5.82 Å². The molecule has 0 bridgehead atoms. The van der Waals surface area contributed by atoms with Crippen molar-refractivity contribution in [3.63, 3.8) is 0 Å². The lowest BCUT2D eigenvalue weighted by molar-refractivity contribution is 0.187. The van der Waals surface area contributed by atoms with E-state index >= 15 is 0 Å². The van der Waals surface area contributed by atoms with Gasteiger partial charge in [0.2, 0.25) is 0 Å². The van der Waals surface area contributed by atoms with Gasteiger partial charge < -0.3 is 10.6 Å². The number of anilines is 1. The van der Waals surface area contributed by atoms with E-state index in [4.69, 9.17) is 5.73 Å². The first-order valence-corrected chi connectivity index (χ1v) is 7.93. The van der Waals surface area contributed by atoms with Gasteiger partial charge in [0.05, 0.1) is 0 Å². The molecule has 0 aromatic carbocycles. The van der Waals surface area contributed by atoms with Crippen LogP contribution in [0.3, 0.4) is 0 Å². The smallest absolute Gasteiger partial charge is 0.129 e. The minimum absolute atomic E-state index is 0.596. The Kier molecular flexibility index (Phi) is 4.22. The van der Waals surface area contributed by atoms with Gasteiger partial charge in [-0.2, -0.15) is 0 Å². The summed E-state index contributed by atoms with van der Waals surface area (Å²) in [5.74, 6) is 1.11. The third-order valence-electron chi connectivity index (χ3n) is 4.71. The number of hydrogen-bond acceptors (Lipinski definition) is 4. The van der Waals surface area contributed by atoms with Crippen LogP contribution < -0.4 is 10.6 Å². The Balaban J connectivity index is 1.64. The number of piperazine rings is 1. The largest absolute Gasteiger partial charge is 0.354 e. The first kappa shape index (κ1) is 13.8. The van der Waals surface area contributed by atoms with Crippen LogP contribution in [0.4, 0.5) is 5.82 Å². The van der Waals surface area contributed by atoms with Gasteiger partial charge >= 0.3 is 0 Å². The predicted octanol–water partition coefficient (Wildman–Crippen LogP) is 1.91. The van der Waals surface area contributed by atoms with Crippen molar-refractivity contribution in [1.82, 2.24) is 9.88 Å². The van der Waals surface area contributed by atoms with Crippen LogP contribution in [0.2, 0.25) is 0 Å². The molecule has 0 atom stereocenters. The summed E-state index contributed by atoms with van der Waals surface area (Å²) in [4.78, 5) is 9.78. The van der Waals surface area contributed by atoms with E-state index in [1.54, 1.807) is 0 Å². The molecular formula is C16H26N4. The van der Waals surface area contributed by atoms with Gasteiger partial charge in [0.15, 0.2) is 0 Å². The van der Waals surface area contributed by atoms with Gasteiger partial charge in [0, 0.05) is 44.5 Å². The normalized spacial score (nSPS) is 21.6. The van der Waals surface area contributed by atoms with Crippen LogP contribution in [0, 0.1) is 6.92 Å². The highest BCUT2D eigenvalue weighted by Crippen LogP contribution is 2.25. The summed E-state index contributed by atoms with van der Waals surface area (Å²) in [7, 11) is 0. The number of nitrogens with zero attached hydrogens (tertiary/aromatic N) is 3. The number of aromatic nitrogens is 1. The summed E-state index contributed by atoms with van der Waals surface area (Å²) < 4.78 is 0. The first-order chi connectivity index (χ1) is 9.76. The van der Waals surface area contributed by atoms with Crippen LogP contribution in [0.1, 0.15) is 36.9 Å². The van der Waals surface area contributed by atoms with Gasteiger partial charge in [-0.3, -0.25) is 4.90 Å². The Bertz CT molecular complexity index is 446. The Labute approximate surface area is 122 Å². The van der Waals surface area contributed by atoms with E-state index in [9.17, 15) is 0 Å². The molecule has 0 unspecified atom stereocenters. The summed E-state index contributed by atoms with van der Waals surface area (Å²) in [5.41, 5.74) is 8.02. The quantitative estimate of drug-likeness (QED) is 0.914. The standard InChI is InChI=1S/C16H26N4/c1-13-10-14(12-17)11-16(18-13)20-8-6-19(7-9-20)15-4-2-3-5-15/h10-11,15H,2-9,12,17H2,1H3. The highest BCUT2D eigenvalue weighted by Gasteiger charge is 2.26. The molecule has 2 heterocycles. The van der Waals surface area contributed by atoms with Crippen molar-refractivity contribution in [1.29, 1.82) is 0 Å². The van der Waals surface area contributed by atoms with Gasteiger partial charge in [-0.15, -0.1) is 0 Å². The molecule has 1 saturated heterocycles. The number of rotatable bonds is 3. The lowest BCUT2D eigenvalue weighted by atomic mass is 10.1. The molecule has 2 aliphatic rings. The molecule has 1 aliphatic carbocycles. The first-order valence-electron chi connectivity index (χ1n) is 7.93. The maximum atomic E-state index is 5.77. The van der Waals surface area contributed by atoms with E-state index in [1.165, 1.54) is 44.3 Å². The molecule has 20 heavy (non-hydrogen) atoms. The van der Waals surface area contributed by atoms with E-state index in [-0.39, 0.29) is 0 Å². The van der Waals surface area contributed by atoms with Gasteiger partial charge in [-0.25, -0.2) is 4.98 Å². The van der Waals surface area contributed by atoms with Gasteiger partial charge in [-0.05, 0) is 37.5 Å². The topological polar surface area (TPSA) is 45.4 Å². The van der Waals surface area contributed by atoms with E-state index in [2.05, 4.69) is 33.8 Å². The van der Waals surface area contributed by atoms with Crippen LogP contribution >= 0.6 is 0 Å². The van der Waals surface area contributed by atoms with E-state index in [0.717, 1.165) is 30.6 Å². The van der Waals surface area contributed by atoms with Crippen LogP contribution in [-0.2, 0) is 6.54 Å². The molecule has 4 heteroatoms. The van der Waals surface area contributed by atoms with Crippen molar-refractivity contribution < 1.29 is 0 Å². The summed E-state index contributed by atoms with van der Waals surface area (Å²) in [6.45, 7) is 7.19. The molecule has 1 aromatic rings.